The SMILES string of the molecule is CC1(C)CC(=O)C2=C(C1)Nc1nc(-c3cccc(Cl)c3)nn1C2c1ccccn1. The quantitative estimate of drug-likeness (QED) is 0.671. The summed E-state index contributed by atoms with van der Waals surface area (Å²) in [4.78, 5) is 22.4. The fourth-order valence-electron chi connectivity index (χ4n) is 4.17. The van der Waals surface area contributed by atoms with Gasteiger partial charge >= 0.3 is 0 Å². The number of pyridine rings is 1. The first-order valence-corrected chi connectivity index (χ1v) is 9.96. The van der Waals surface area contributed by atoms with Gasteiger partial charge in [-0.05, 0) is 36.1 Å². The molecule has 2 aliphatic rings. The van der Waals surface area contributed by atoms with E-state index in [0.29, 0.717) is 23.2 Å². The Labute approximate surface area is 173 Å². The predicted octanol–water partition coefficient (Wildman–Crippen LogP) is 4.65. The summed E-state index contributed by atoms with van der Waals surface area (Å²) < 4.78 is 1.77. The number of Topliss-reactive ketones (excluding diaryl/α,β-unsaturated/α-hetero) is 1. The van der Waals surface area contributed by atoms with Gasteiger partial charge in [0, 0.05) is 34.5 Å². The Hall–Kier alpha value is -2.99. The summed E-state index contributed by atoms with van der Waals surface area (Å²) in [5.74, 6) is 1.30. The number of anilines is 1. The second-order valence-electron chi connectivity index (χ2n) is 8.33. The molecule has 0 saturated heterocycles. The molecule has 1 aliphatic heterocycles. The molecular formula is C22H20ClN5O. The zero-order valence-corrected chi connectivity index (χ0v) is 16.9. The molecule has 146 valence electrons. The number of allylic oxidation sites excluding steroid dienone is 2. The molecule has 0 amide bonds. The van der Waals surface area contributed by atoms with E-state index >= 15 is 0 Å². The first kappa shape index (κ1) is 18.1. The molecule has 1 atom stereocenters. The second kappa shape index (κ2) is 6.52. The molecule has 0 saturated carbocycles. The third kappa shape index (κ3) is 3.13. The Morgan fingerprint density at radius 2 is 2.03 bits per heavy atom. The van der Waals surface area contributed by atoms with Crippen LogP contribution in [0.2, 0.25) is 5.02 Å². The van der Waals surface area contributed by atoms with Gasteiger partial charge in [0.1, 0.15) is 6.04 Å². The predicted molar refractivity (Wildman–Crippen MR) is 112 cm³/mol. The first-order valence-electron chi connectivity index (χ1n) is 9.58. The van der Waals surface area contributed by atoms with Crippen LogP contribution in [0.3, 0.4) is 0 Å². The maximum absolute atomic E-state index is 13.2. The molecule has 5 rings (SSSR count). The Bertz CT molecular complexity index is 1150. The van der Waals surface area contributed by atoms with E-state index in [0.717, 1.165) is 28.9 Å². The van der Waals surface area contributed by atoms with Crippen LogP contribution in [0.15, 0.2) is 59.9 Å². The number of nitrogens with zero attached hydrogens (tertiary/aromatic N) is 4. The molecule has 0 radical (unpaired) electrons. The lowest BCUT2D eigenvalue weighted by molar-refractivity contribution is -0.118. The summed E-state index contributed by atoms with van der Waals surface area (Å²) in [6, 6.07) is 12.8. The summed E-state index contributed by atoms with van der Waals surface area (Å²) in [7, 11) is 0. The van der Waals surface area contributed by atoms with E-state index < -0.39 is 6.04 Å². The zero-order chi connectivity index (χ0) is 20.2. The molecule has 6 nitrogen and oxygen atoms in total. The van der Waals surface area contributed by atoms with E-state index in [9.17, 15) is 4.79 Å². The average molecular weight is 406 g/mol. The molecule has 0 spiro atoms. The van der Waals surface area contributed by atoms with E-state index in [1.165, 1.54) is 0 Å². The minimum Gasteiger partial charge on any atom is -0.328 e. The number of hydrogen-bond acceptors (Lipinski definition) is 5. The van der Waals surface area contributed by atoms with E-state index in [-0.39, 0.29) is 11.2 Å². The summed E-state index contributed by atoms with van der Waals surface area (Å²) >= 11 is 6.16. The number of benzene rings is 1. The van der Waals surface area contributed by atoms with Crippen LogP contribution in [0, 0.1) is 5.41 Å². The molecule has 1 unspecified atom stereocenters. The van der Waals surface area contributed by atoms with Gasteiger partial charge in [-0.3, -0.25) is 9.78 Å². The lowest BCUT2D eigenvalue weighted by Gasteiger charge is -2.37. The zero-order valence-electron chi connectivity index (χ0n) is 16.2. The van der Waals surface area contributed by atoms with Crippen LogP contribution in [0.4, 0.5) is 5.95 Å². The standard InChI is InChI=1S/C22H20ClN5O/c1-22(2)11-16-18(17(29)12-22)19(15-8-3-4-9-24-15)28-21(25-16)26-20(27-28)13-6-5-7-14(23)10-13/h3-10,19H,11-12H2,1-2H3,(H,25,26,27). The molecule has 2 aromatic heterocycles. The van der Waals surface area contributed by atoms with E-state index in [1.807, 2.05) is 42.5 Å². The van der Waals surface area contributed by atoms with Gasteiger partial charge in [-0.2, -0.15) is 4.98 Å². The molecule has 1 aromatic carbocycles. The Balaban J connectivity index is 1.68. The van der Waals surface area contributed by atoms with Crippen molar-refractivity contribution in [2.45, 2.75) is 32.7 Å². The highest BCUT2D eigenvalue weighted by atomic mass is 35.5. The van der Waals surface area contributed by atoms with Gasteiger partial charge in [0.25, 0.3) is 0 Å². The van der Waals surface area contributed by atoms with Crippen LogP contribution in [-0.2, 0) is 4.79 Å². The van der Waals surface area contributed by atoms with E-state index in [4.69, 9.17) is 21.7 Å². The van der Waals surface area contributed by atoms with E-state index in [1.54, 1.807) is 10.9 Å². The van der Waals surface area contributed by atoms with Crippen molar-refractivity contribution in [2.75, 3.05) is 5.32 Å². The molecule has 7 heteroatoms. The highest BCUT2D eigenvalue weighted by Crippen LogP contribution is 2.45. The van der Waals surface area contributed by atoms with Crippen molar-refractivity contribution in [1.29, 1.82) is 0 Å². The summed E-state index contributed by atoms with van der Waals surface area (Å²) in [5, 5.41) is 8.74. The third-order valence-electron chi connectivity index (χ3n) is 5.38. The summed E-state index contributed by atoms with van der Waals surface area (Å²) in [5.41, 5.74) is 3.15. The molecular weight excluding hydrogens is 386 g/mol. The van der Waals surface area contributed by atoms with Crippen LogP contribution >= 0.6 is 11.6 Å². The highest BCUT2D eigenvalue weighted by Gasteiger charge is 2.42. The molecule has 0 bridgehead atoms. The number of carbonyl (C=O) groups excluding carboxylic acids is 1. The van der Waals surface area contributed by atoms with Crippen LogP contribution in [0.25, 0.3) is 11.4 Å². The minimum absolute atomic E-state index is 0.102. The van der Waals surface area contributed by atoms with Crippen molar-refractivity contribution in [1.82, 2.24) is 19.7 Å². The molecule has 3 aromatic rings. The minimum atomic E-state index is -0.397. The van der Waals surface area contributed by atoms with Crippen molar-refractivity contribution in [3.63, 3.8) is 0 Å². The average Bonchev–Trinajstić information content (AvgIpc) is 3.10. The number of carbonyl (C=O) groups is 1. The van der Waals surface area contributed by atoms with Crippen molar-refractivity contribution in [2.24, 2.45) is 5.41 Å². The van der Waals surface area contributed by atoms with Crippen molar-refractivity contribution in [3.8, 4) is 11.4 Å². The van der Waals surface area contributed by atoms with Gasteiger partial charge in [0.15, 0.2) is 11.6 Å². The maximum Gasteiger partial charge on any atom is 0.226 e. The fraction of sp³-hybridized carbons (Fsp3) is 0.273. The number of hydrogen-bond donors (Lipinski definition) is 1. The third-order valence-corrected chi connectivity index (χ3v) is 5.62. The van der Waals surface area contributed by atoms with Crippen LogP contribution < -0.4 is 5.32 Å². The number of aromatic nitrogens is 4. The number of rotatable bonds is 2. The van der Waals surface area contributed by atoms with Crippen molar-refractivity contribution < 1.29 is 4.79 Å². The number of halogens is 1. The normalized spacial score (nSPS) is 20.1. The number of ketones is 1. The smallest absolute Gasteiger partial charge is 0.226 e. The lowest BCUT2D eigenvalue weighted by atomic mass is 9.73. The Morgan fingerprint density at radius 3 is 2.79 bits per heavy atom. The summed E-state index contributed by atoms with van der Waals surface area (Å²) in [6.07, 6.45) is 3.02. The number of fused-ring (bicyclic) bond motifs is 1. The Morgan fingerprint density at radius 1 is 1.17 bits per heavy atom. The van der Waals surface area contributed by atoms with Crippen LogP contribution in [0.1, 0.15) is 38.4 Å². The topological polar surface area (TPSA) is 72.7 Å². The lowest BCUT2D eigenvalue weighted by Crippen LogP contribution is -2.36. The van der Waals surface area contributed by atoms with Crippen molar-refractivity contribution in [3.05, 3.63) is 70.6 Å². The molecule has 29 heavy (non-hydrogen) atoms. The van der Waals surface area contributed by atoms with Gasteiger partial charge in [0.05, 0.1) is 5.69 Å². The molecule has 3 heterocycles. The van der Waals surface area contributed by atoms with Crippen LogP contribution in [0.5, 0.6) is 0 Å². The fourth-order valence-corrected chi connectivity index (χ4v) is 4.36. The van der Waals surface area contributed by atoms with Gasteiger partial charge in [-0.15, -0.1) is 5.10 Å². The molecule has 1 aliphatic carbocycles. The molecule has 0 fully saturated rings. The molecule has 1 N–H and O–H groups in total. The first-order chi connectivity index (χ1) is 13.9. The number of nitrogens with one attached hydrogen (secondary N) is 1. The van der Waals surface area contributed by atoms with E-state index in [2.05, 4.69) is 24.1 Å². The van der Waals surface area contributed by atoms with Gasteiger partial charge in [0.2, 0.25) is 5.95 Å². The highest BCUT2D eigenvalue weighted by molar-refractivity contribution is 6.30. The summed E-state index contributed by atoms with van der Waals surface area (Å²) in [6.45, 7) is 4.23. The Kier molecular flexibility index (Phi) is 4.06. The largest absolute Gasteiger partial charge is 0.328 e. The van der Waals surface area contributed by atoms with Crippen molar-refractivity contribution >= 4 is 23.3 Å². The second-order valence-corrected chi connectivity index (χ2v) is 8.77. The van der Waals surface area contributed by atoms with Crippen LogP contribution in [-0.4, -0.2) is 25.5 Å². The van der Waals surface area contributed by atoms with Gasteiger partial charge in [-0.1, -0.05) is 43.6 Å². The van der Waals surface area contributed by atoms with Gasteiger partial charge in [-0.25, -0.2) is 4.68 Å². The maximum atomic E-state index is 13.2. The van der Waals surface area contributed by atoms with Gasteiger partial charge < -0.3 is 5.32 Å². The monoisotopic (exact) mass is 405 g/mol.